The number of aromatic nitrogens is 1. The molecule has 2 aromatic rings. The molecule has 0 aliphatic heterocycles. The van der Waals surface area contributed by atoms with Crippen molar-refractivity contribution in [3.8, 4) is 0 Å². The Morgan fingerprint density at radius 1 is 1.39 bits per heavy atom. The first-order valence-corrected chi connectivity index (χ1v) is 6.37. The van der Waals surface area contributed by atoms with Crippen molar-refractivity contribution in [1.29, 1.82) is 0 Å². The van der Waals surface area contributed by atoms with E-state index >= 15 is 0 Å². The lowest BCUT2D eigenvalue weighted by atomic mass is 10.2. The van der Waals surface area contributed by atoms with Crippen molar-refractivity contribution in [1.82, 2.24) is 10.3 Å². The summed E-state index contributed by atoms with van der Waals surface area (Å²) in [5.41, 5.74) is 3.03. The number of rotatable bonds is 5. The Balaban J connectivity index is 1.84. The van der Waals surface area contributed by atoms with Crippen LogP contribution in [-0.4, -0.2) is 9.91 Å². The summed E-state index contributed by atoms with van der Waals surface area (Å²) in [6.45, 7) is 3.27. The molecule has 0 aromatic carbocycles. The number of nitro groups is 1. The van der Waals surface area contributed by atoms with E-state index in [0.717, 1.165) is 28.2 Å². The van der Waals surface area contributed by atoms with E-state index < -0.39 is 0 Å². The van der Waals surface area contributed by atoms with E-state index in [2.05, 4.69) is 10.3 Å². The molecule has 0 amide bonds. The zero-order valence-corrected chi connectivity index (χ0v) is 10.7. The molecule has 2 rings (SSSR count). The molecule has 94 valence electrons. The molecule has 18 heavy (non-hydrogen) atoms. The molecule has 0 atom stereocenters. The minimum atomic E-state index is -0.363. The quantitative estimate of drug-likeness (QED) is 0.665. The van der Waals surface area contributed by atoms with Crippen LogP contribution in [0.25, 0.3) is 0 Å². The Morgan fingerprint density at radius 3 is 2.78 bits per heavy atom. The number of nitrogens with zero attached hydrogens (tertiary/aromatic N) is 2. The highest BCUT2D eigenvalue weighted by Gasteiger charge is 2.08. The van der Waals surface area contributed by atoms with Gasteiger partial charge in [0.1, 0.15) is 0 Å². The van der Waals surface area contributed by atoms with Crippen molar-refractivity contribution in [2.75, 3.05) is 0 Å². The fourth-order valence-electron chi connectivity index (χ4n) is 1.51. The fraction of sp³-hybridized carbons (Fsp3) is 0.250. The third-order valence-electron chi connectivity index (χ3n) is 2.45. The maximum absolute atomic E-state index is 10.5. The Morgan fingerprint density at radius 2 is 2.17 bits per heavy atom. The van der Waals surface area contributed by atoms with E-state index in [1.54, 1.807) is 11.4 Å². The lowest BCUT2D eigenvalue weighted by Crippen LogP contribution is -2.12. The van der Waals surface area contributed by atoms with Crippen LogP contribution >= 0.6 is 11.3 Å². The van der Waals surface area contributed by atoms with Crippen LogP contribution in [0.5, 0.6) is 0 Å². The van der Waals surface area contributed by atoms with Crippen molar-refractivity contribution in [2.45, 2.75) is 20.0 Å². The van der Waals surface area contributed by atoms with E-state index in [-0.39, 0.29) is 9.92 Å². The lowest BCUT2D eigenvalue weighted by molar-refractivity contribution is -0.380. The zero-order valence-electron chi connectivity index (χ0n) is 9.92. The molecule has 0 radical (unpaired) electrons. The fourth-order valence-corrected chi connectivity index (χ4v) is 2.23. The van der Waals surface area contributed by atoms with Gasteiger partial charge in [0.2, 0.25) is 0 Å². The summed E-state index contributed by atoms with van der Waals surface area (Å²) in [7, 11) is 0. The molecule has 1 N–H and O–H groups in total. The topological polar surface area (TPSA) is 68.1 Å². The van der Waals surface area contributed by atoms with Gasteiger partial charge in [-0.2, -0.15) is 0 Å². The van der Waals surface area contributed by atoms with Crippen LogP contribution in [0, 0.1) is 17.0 Å². The molecule has 2 heterocycles. The largest absolute Gasteiger partial charge is 0.324 e. The molecule has 0 aliphatic carbocycles. The molecule has 0 aliphatic rings. The van der Waals surface area contributed by atoms with Crippen LogP contribution < -0.4 is 5.32 Å². The predicted molar refractivity (Wildman–Crippen MR) is 70.5 cm³/mol. The van der Waals surface area contributed by atoms with E-state index in [4.69, 9.17) is 0 Å². The van der Waals surface area contributed by atoms with Gasteiger partial charge < -0.3 is 5.32 Å². The first kappa shape index (κ1) is 12.7. The summed E-state index contributed by atoms with van der Waals surface area (Å²) < 4.78 is 0. The first-order valence-electron chi connectivity index (χ1n) is 5.49. The summed E-state index contributed by atoms with van der Waals surface area (Å²) >= 11 is 1.15. The Hall–Kier alpha value is -1.79. The van der Waals surface area contributed by atoms with Gasteiger partial charge in [-0.05, 0) is 24.1 Å². The molecule has 5 nitrogen and oxygen atoms in total. The van der Waals surface area contributed by atoms with Gasteiger partial charge in [-0.3, -0.25) is 15.1 Å². The smallest absolute Gasteiger partial charge is 0.309 e. The Bertz CT molecular complexity index is 537. The second-order valence-electron chi connectivity index (χ2n) is 3.96. The van der Waals surface area contributed by atoms with Crippen molar-refractivity contribution in [2.24, 2.45) is 0 Å². The summed E-state index contributed by atoms with van der Waals surface area (Å²) in [6.07, 6.45) is 1.83. The SMILES string of the molecule is Cc1ccc(CNCc2csc([N+](=O)[O-])c2)cn1. The highest BCUT2D eigenvalue weighted by molar-refractivity contribution is 7.13. The van der Waals surface area contributed by atoms with Gasteiger partial charge in [0, 0.05) is 36.4 Å². The van der Waals surface area contributed by atoms with Gasteiger partial charge in [-0.1, -0.05) is 17.4 Å². The van der Waals surface area contributed by atoms with Crippen LogP contribution in [0.4, 0.5) is 5.00 Å². The minimum Gasteiger partial charge on any atom is -0.309 e. The molecular formula is C12H13N3O2S. The van der Waals surface area contributed by atoms with Gasteiger partial charge in [0.15, 0.2) is 0 Å². The summed E-state index contributed by atoms with van der Waals surface area (Å²) in [6, 6.07) is 5.59. The highest BCUT2D eigenvalue weighted by atomic mass is 32.1. The molecule has 0 unspecified atom stereocenters. The second-order valence-corrected chi connectivity index (χ2v) is 4.85. The maximum atomic E-state index is 10.5. The van der Waals surface area contributed by atoms with Gasteiger partial charge in [-0.25, -0.2) is 0 Å². The summed E-state index contributed by atoms with van der Waals surface area (Å²) in [5, 5.41) is 15.8. The van der Waals surface area contributed by atoms with Crippen LogP contribution in [0.15, 0.2) is 29.8 Å². The molecule has 0 saturated heterocycles. The highest BCUT2D eigenvalue weighted by Crippen LogP contribution is 2.22. The van der Waals surface area contributed by atoms with Gasteiger partial charge in [0.05, 0.1) is 4.92 Å². The van der Waals surface area contributed by atoms with Crippen LogP contribution in [-0.2, 0) is 13.1 Å². The molecule has 0 fully saturated rings. The number of pyridine rings is 1. The Labute approximate surface area is 109 Å². The van der Waals surface area contributed by atoms with Crippen molar-refractivity contribution in [3.63, 3.8) is 0 Å². The minimum absolute atomic E-state index is 0.184. The van der Waals surface area contributed by atoms with Crippen LogP contribution in [0.3, 0.4) is 0 Å². The van der Waals surface area contributed by atoms with Crippen molar-refractivity contribution < 1.29 is 4.92 Å². The van der Waals surface area contributed by atoms with Crippen molar-refractivity contribution in [3.05, 3.63) is 56.7 Å². The average Bonchev–Trinajstić information content (AvgIpc) is 2.81. The first-order chi connectivity index (χ1) is 8.65. The standard InChI is InChI=1S/C12H13N3O2S/c1-9-2-3-10(7-14-9)5-13-6-11-4-12(15(16)17)18-8-11/h2-4,7-8,13H,5-6H2,1H3. The number of aryl methyl sites for hydroxylation is 1. The lowest BCUT2D eigenvalue weighted by Gasteiger charge is -2.03. The number of nitrogens with one attached hydrogen (secondary N) is 1. The normalized spacial score (nSPS) is 10.5. The molecule has 2 aromatic heterocycles. The van der Waals surface area contributed by atoms with Gasteiger partial charge in [-0.15, -0.1) is 0 Å². The predicted octanol–water partition coefficient (Wildman–Crippen LogP) is 2.65. The monoisotopic (exact) mass is 263 g/mol. The summed E-state index contributed by atoms with van der Waals surface area (Å²) in [5.74, 6) is 0. The van der Waals surface area contributed by atoms with E-state index in [1.165, 1.54) is 0 Å². The van der Waals surface area contributed by atoms with Crippen LogP contribution in [0.1, 0.15) is 16.8 Å². The molecule has 0 saturated carbocycles. The van der Waals surface area contributed by atoms with Gasteiger partial charge >= 0.3 is 5.00 Å². The number of hydrogen-bond donors (Lipinski definition) is 1. The Kier molecular flexibility index (Phi) is 4.01. The third-order valence-corrected chi connectivity index (χ3v) is 3.38. The zero-order chi connectivity index (χ0) is 13.0. The van der Waals surface area contributed by atoms with Gasteiger partial charge in [0.25, 0.3) is 0 Å². The van der Waals surface area contributed by atoms with Crippen molar-refractivity contribution >= 4 is 16.3 Å². The van der Waals surface area contributed by atoms with E-state index in [0.29, 0.717) is 13.1 Å². The molecule has 6 heteroatoms. The summed E-state index contributed by atoms with van der Waals surface area (Å²) in [4.78, 5) is 14.4. The molecule has 0 bridgehead atoms. The average molecular weight is 263 g/mol. The number of thiophene rings is 1. The third kappa shape index (κ3) is 3.35. The maximum Gasteiger partial charge on any atom is 0.324 e. The van der Waals surface area contributed by atoms with E-state index in [9.17, 15) is 10.1 Å². The molecular weight excluding hydrogens is 250 g/mol. The van der Waals surface area contributed by atoms with E-state index in [1.807, 2.05) is 25.3 Å². The number of hydrogen-bond acceptors (Lipinski definition) is 5. The van der Waals surface area contributed by atoms with Crippen LogP contribution in [0.2, 0.25) is 0 Å². The second kappa shape index (κ2) is 5.70. The molecule has 0 spiro atoms.